The average Bonchev–Trinajstić information content (AvgIpc) is 2.62. The zero-order chi connectivity index (χ0) is 13.2. The van der Waals surface area contributed by atoms with Gasteiger partial charge in [0.1, 0.15) is 6.04 Å². The lowest BCUT2D eigenvalue weighted by atomic mass is 10.0. The monoisotopic (exact) mass is 242 g/mol. The number of aliphatic carboxylic acids is 1. The zero-order valence-corrected chi connectivity index (χ0v) is 11.0. The minimum absolute atomic E-state index is 0.0459. The Bertz CT molecular complexity index is 304. The highest BCUT2D eigenvalue weighted by molar-refractivity contribution is 5.85. The van der Waals surface area contributed by atoms with Crippen molar-refractivity contribution in [1.82, 2.24) is 9.80 Å². The van der Waals surface area contributed by atoms with Gasteiger partial charge in [0.05, 0.1) is 5.92 Å². The van der Waals surface area contributed by atoms with Crippen LogP contribution >= 0.6 is 0 Å². The fourth-order valence-corrected chi connectivity index (χ4v) is 2.46. The second-order valence-corrected chi connectivity index (χ2v) is 5.22. The Morgan fingerprint density at radius 3 is 2.35 bits per heavy atom. The van der Waals surface area contributed by atoms with Crippen molar-refractivity contribution in [2.45, 2.75) is 26.3 Å². The molecule has 1 rings (SSSR count). The lowest BCUT2D eigenvalue weighted by Crippen LogP contribution is -2.48. The number of carboxylic acid groups (broad SMARTS) is 1. The van der Waals surface area contributed by atoms with Crippen molar-refractivity contribution in [1.29, 1.82) is 0 Å². The first-order valence-electron chi connectivity index (χ1n) is 6.02. The van der Waals surface area contributed by atoms with Crippen LogP contribution in [0, 0.1) is 11.8 Å². The molecule has 1 fully saturated rings. The summed E-state index contributed by atoms with van der Waals surface area (Å²) < 4.78 is 0. The first-order chi connectivity index (χ1) is 7.84. The minimum Gasteiger partial charge on any atom is -0.480 e. The number of hydrogen-bond donors (Lipinski definition) is 1. The molecule has 17 heavy (non-hydrogen) atoms. The molecule has 5 nitrogen and oxygen atoms in total. The van der Waals surface area contributed by atoms with Gasteiger partial charge in [0.25, 0.3) is 0 Å². The lowest BCUT2D eigenvalue weighted by Gasteiger charge is -2.29. The highest BCUT2D eigenvalue weighted by atomic mass is 16.4. The van der Waals surface area contributed by atoms with Gasteiger partial charge >= 0.3 is 5.97 Å². The fraction of sp³-hybridized carbons (Fsp3) is 0.833. The molecule has 1 heterocycles. The average molecular weight is 242 g/mol. The van der Waals surface area contributed by atoms with Crippen LogP contribution in [0.1, 0.15) is 20.3 Å². The minimum atomic E-state index is -0.929. The van der Waals surface area contributed by atoms with Crippen LogP contribution in [-0.2, 0) is 9.59 Å². The molecule has 0 unspecified atom stereocenters. The highest BCUT2D eigenvalue weighted by Gasteiger charge is 2.35. The van der Waals surface area contributed by atoms with E-state index in [9.17, 15) is 9.59 Å². The van der Waals surface area contributed by atoms with Crippen LogP contribution < -0.4 is 0 Å². The molecular formula is C12H22N2O3. The molecule has 0 radical (unpaired) electrons. The number of carboxylic acids is 1. The number of amides is 1. The third-order valence-corrected chi connectivity index (χ3v) is 3.39. The summed E-state index contributed by atoms with van der Waals surface area (Å²) >= 11 is 0. The van der Waals surface area contributed by atoms with Crippen molar-refractivity contribution < 1.29 is 14.7 Å². The van der Waals surface area contributed by atoms with E-state index in [0.29, 0.717) is 0 Å². The molecule has 1 N–H and O–H groups in total. The zero-order valence-electron chi connectivity index (χ0n) is 11.0. The summed E-state index contributed by atoms with van der Waals surface area (Å²) in [5, 5.41) is 9.15. The standard InChI is InChI=1S/C12H22N2O3/c1-8(2)10(12(16)17)14(4)11(15)9-5-6-13(3)7-9/h8-10H,5-7H2,1-4H3,(H,16,17)/t9-,10-/m0/s1. The quantitative estimate of drug-likeness (QED) is 0.780. The molecule has 0 saturated carbocycles. The van der Waals surface area contributed by atoms with E-state index in [0.717, 1.165) is 19.5 Å². The Hall–Kier alpha value is -1.10. The maximum Gasteiger partial charge on any atom is 0.326 e. The van der Waals surface area contributed by atoms with E-state index >= 15 is 0 Å². The summed E-state index contributed by atoms with van der Waals surface area (Å²) in [6, 6.07) is -0.728. The van der Waals surface area contributed by atoms with Crippen LogP contribution in [0.5, 0.6) is 0 Å². The first kappa shape index (κ1) is 14.0. The molecule has 98 valence electrons. The summed E-state index contributed by atoms with van der Waals surface area (Å²) in [6.07, 6.45) is 0.824. The van der Waals surface area contributed by atoms with Crippen LogP contribution in [0.2, 0.25) is 0 Å². The second kappa shape index (κ2) is 5.49. The van der Waals surface area contributed by atoms with Gasteiger partial charge in [0, 0.05) is 13.6 Å². The van der Waals surface area contributed by atoms with E-state index in [2.05, 4.69) is 4.90 Å². The van der Waals surface area contributed by atoms with Gasteiger partial charge in [0.2, 0.25) is 5.91 Å². The molecule has 0 bridgehead atoms. The van der Waals surface area contributed by atoms with Crippen LogP contribution in [0.4, 0.5) is 0 Å². The third kappa shape index (κ3) is 3.19. The number of likely N-dealkylation sites (tertiary alicyclic amines) is 1. The molecule has 1 amide bonds. The normalized spacial score (nSPS) is 22.8. The largest absolute Gasteiger partial charge is 0.480 e. The van der Waals surface area contributed by atoms with Gasteiger partial charge in [-0.15, -0.1) is 0 Å². The number of carbonyl (C=O) groups excluding carboxylic acids is 1. The predicted molar refractivity (Wildman–Crippen MR) is 64.6 cm³/mol. The molecule has 5 heteroatoms. The van der Waals surface area contributed by atoms with Crippen molar-refractivity contribution >= 4 is 11.9 Å². The van der Waals surface area contributed by atoms with Gasteiger partial charge in [-0.2, -0.15) is 0 Å². The van der Waals surface area contributed by atoms with E-state index in [1.807, 2.05) is 20.9 Å². The van der Waals surface area contributed by atoms with Crippen molar-refractivity contribution in [3.8, 4) is 0 Å². The van der Waals surface area contributed by atoms with E-state index in [1.165, 1.54) is 4.90 Å². The highest BCUT2D eigenvalue weighted by Crippen LogP contribution is 2.19. The Balaban J connectivity index is 2.70. The van der Waals surface area contributed by atoms with E-state index < -0.39 is 12.0 Å². The molecule has 0 aromatic rings. The molecule has 1 saturated heterocycles. The van der Waals surface area contributed by atoms with Crippen molar-refractivity contribution in [3.63, 3.8) is 0 Å². The van der Waals surface area contributed by atoms with Gasteiger partial charge < -0.3 is 14.9 Å². The fourth-order valence-electron chi connectivity index (χ4n) is 2.46. The van der Waals surface area contributed by atoms with Gasteiger partial charge in [-0.1, -0.05) is 13.8 Å². The first-order valence-corrected chi connectivity index (χ1v) is 6.02. The SMILES string of the molecule is CC(C)[C@@H](C(=O)O)N(C)C(=O)[C@H]1CCN(C)C1. The number of hydrogen-bond acceptors (Lipinski definition) is 3. The van der Waals surface area contributed by atoms with Gasteiger partial charge in [-0.25, -0.2) is 4.79 Å². The Morgan fingerprint density at radius 2 is 2.00 bits per heavy atom. The van der Waals surface area contributed by atoms with Crippen LogP contribution in [0.15, 0.2) is 0 Å². The molecule has 1 aliphatic heterocycles. The summed E-state index contributed by atoms with van der Waals surface area (Å²) in [6.45, 7) is 5.28. The third-order valence-electron chi connectivity index (χ3n) is 3.39. The molecule has 1 aliphatic rings. The van der Waals surface area contributed by atoms with Crippen molar-refractivity contribution in [2.75, 3.05) is 27.2 Å². The van der Waals surface area contributed by atoms with Gasteiger partial charge in [-0.3, -0.25) is 4.79 Å². The van der Waals surface area contributed by atoms with E-state index in [1.54, 1.807) is 7.05 Å². The molecular weight excluding hydrogens is 220 g/mol. The molecule has 0 aromatic carbocycles. The Labute approximate surface area is 102 Å². The molecule has 2 atom stereocenters. The second-order valence-electron chi connectivity index (χ2n) is 5.22. The topological polar surface area (TPSA) is 60.9 Å². The number of carbonyl (C=O) groups is 2. The number of likely N-dealkylation sites (N-methyl/N-ethyl adjacent to an activating group) is 1. The molecule has 0 aliphatic carbocycles. The van der Waals surface area contributed by atoms with Crippen LogP contribution in [0.3, 0.4) is 0 Å². The summed E-state index contributed by atoms with van der Waals surface area (Å²) in [5.74, 6) is -1.11. The summed E-state index contributed by atoms with van der Waals surface area (Å²) in [4.78, 5) is 26.8. The smallest absolute Gasteiger partial charge is 0.326 e. The number of nitrogens with zero attached hydrogens (tertiary/aromatic N) is 2. The maximum atomic E-state index is 12.2. The summed E-state index contributed by atoms with van der Waals surface area (Å²) in [5.41, 5.74) is 0. The van der Waals surface area contributed by atoms with Gasteiger partial charge in [-0.05, 0) is 25.9 Å². The molecule has 0 spiro atoms. The molecule has 0 aromatic heterocycles. The van der Waals surface area contributed by atoms with Crippen LogP contribution in [-0.4, -0.2) is 60.0 Å². The van der Waals surface area contributed by atoms with Crippen molar-refractivity contribution in [3.05, 3.63) is 0 Å². The maximum absolute atomic E-state index is 12.2. The Morgan fingerprint density at radius 1 is 1.41 bits per heavy atom. The lowest BCUT2D eigenvalue weighted by molar-refractivity contribution is -0.152. The van der Waals surface area contributed by atoms with E-state index in [-0.39, 0.29) is 17.7 Å². The van der Waals surface area contributed by atoms with Crippen molar-refractivity contribution in [2.24, 2.45) is 11.8 Å². The Kier molecular flexibility index (Phi) is 4.51. The summed E-state index contributed by atoms with van der Waals surface area (Å²) in [7, 11) is 3.57. The number of rotatable bonds is 4. The van der Waals surface area contributed by atoms with Crippen LogP contribution in [0.25, 0.3) is 0 Å². The predicted octanol–water partition coefficient (Wildman–Crippen LogP) is 0.506. The van der Waals surface area contributed by atoms with Gasteiger partial charge in [0.15, 0.2) is 0 Å². The van der Waals surface area contributed by atoms with E-state index in [4.69, 9.17) is 5.11 Å².